The number of nitrogens with zero attached hydrogens (tertiary/aromatic N) is 1. The molecule has 0 aromatic carbocycles. The summed E-state index contributed by atoms with van der Waals surface area (Å²) in [7, 11) is 0. The number of rotatable bonds is 2. The fraction of sp³-hybridized carbons (Fsp3) is 0.375. The number of pyridine rings is 1. The molecule has 1 rings (SSSR count). The van der Waals surface area contributed by atoms with E-state index in [1.54, 1.807) is 12.3 Å². The van der Waals surface area contributed by atoms with Crippen LogP contribution in [-0.2, 0) is 6.42 Å². The van der Waals surface area contributed by atoms with Gasteiger partial charge >= 0.3 is 0 Å². The summed E-state index contributed by atoms with van der Waals surface area (Å²) in [6, 6.07) is 1.74. The smallest absolute Gasteiger partial charge is 0.148 e. The van der Waals surface area contributed by atoms with Crippen LogP contribution in [0.15, 0.2) is 16.9 Å². The minimum Gasteiger partial charge on any atom is -0.505 e. The van der Waals surface area contributed by atoms with E-state index < -0.39 is 0 Å². The van der Waals surface area contributed by atoms with Crippen LogP contribution in [0.2, 0.25) is 0 Å². The number of aromatic nitrogens is 1. The van der Waals surface area contributed by atoms with Crippen molar-refractivity contribution in [2.24, 2.45) is 0 Å². The summed E-state index contributed by atoms with van der Waals surface area (Å²) in [5.74, 6) is 0.218. The molecule has 11 heavy (non-hydrogen) atoms. The molecule has 0 unspecified atom stereocenters. The lowest BCUT2D eigenvalue weighted by atomic mass is 10.2. The highest BCUT2D eigenvalue weighted by Crippen LogP contribution is 2.21. The fourth-order valence-electron chi connectivity index (χ4n) is 0.904. The first-order chi connectivity index (χ1) is 5.24. The van der Waals surface area contributed by atoms with Crippen molar-refractivity contribution in [3.05, 3.63) is 22.4 Å². The van der Waals surface area contributed by atoms with Crippen molar-refractivity contribution in [1.29, 1.82) is 0 Å². The van der Waals surface area contributed by atoms with E-state index in [2.05, 4.69) is 27.8 Å². The molecule has 0 aliphatic heterocycles. The zero-order valence-electron chi connectivity index (χ0n) is 6.34. The summed E-state index contributed by atoms with van der Waals surface area (Å²) < 4.78 is 0.511. The third-order valence-electron chi connectivity index (χ3n) is 1.42. The van der Waals surface area contributed by atoms with E-state index in [4.69, 9.17) is 0 Å². The highest BCUT2D eigenvalue weighted by atomic mass is 79.9. The van der Waals surface area contributed by atoms with Gasteiger partial charge in [-0.25, -0.2) is 4.98 Å². The van der Waals surface area contributed by atoms with E-state index in [0.717, 1.165) is 18.4 Å². The average Bonchev–Trinajstić information content (AvgIpc) is 1.98. The van der Waals surface area contributed by atoms with Crippen LogP contribution in [-0.4, -0.2) is 10.1 Å². The van der Waals surface area contributed by atoms with Gasteiger partial charge in [0.1, 0.15) is 10.4 Å². The summed E-state index contributed by atoms with van der Waals surface area (Å²) in [6.07, 6.45) is 3.81. The average molecular weight is 216 g/mol. The Labute approximate surface area is 74.4 Å². The molecule has 0 aliphatic rings. The van der Waals surface area contributed by atoms with Gasteiger partial charge in [-0.3, -0.25) is 0 Å². The highest BCUT2D eigenvalue weighted by Gasteiger charge is 1.99. The summed E-state index contributed by atoms with van der Waals surface area (Å²) in [5, 5.41) is 9.22. The number of halogens is 1. The van der Waals surface area contributed by atoms with E-state index in [0.29, 0.717) is 4.60 Å². The maximum absolute atomic E-state index is 9.22. The molecule has 1 aromatic heterocycles. The highest BCUT2D eigenvalue weighted by molar-refractivity contribution is 9.10. The van der Waals surface area contributed by atoms with Gasteiger partial charge in [-0.15, -0.1) is 0 Å². The number of aromatic hydroxyl groups is 1. The minimum atomic E-state index is 0.218. The second-order valence-corrected chi connectivity index (χ2v) is 3.15. The number of aryl methyl sites for hydroxylation is 1. The molecule has 0 amide bonds. The minimum absolute atomic E-state index is 0.218. The van der Waals surface area contributed by atoms with Gasteiger partial charge < -0.3 is 5.11 Å². The van der Waals surface area contributed by atoms with Gasteiger partial charge in [-0.2, -0.15) is 0 Å². The monoisotopic (exact) mass is 215 g/mol. The van der Waals surface area contributed by atoms with E-state index in [1.807, 2.05) is 0 Å². The van der Waals surface area contributed by atoms with Crippen molar-refractivity contribution >= 4 is 15.9 Å². The lowest BCUT2D eigenvalue weighted by Gasteiger charge is -1.99. The predicted molar refractivity (Wildman–Crippen MR) is 47.6 cm³/mol. The van der Waals surface area contributed by atoms with Crippen LogP contribution in [0.5, 0.6) is 5.75 Å². The molecule has 1 aromatic rings. The van der Waals surface area contributed by atoms with Crippen molar-refractivity contribution in [3.8, 4) is 5.75 Å². The van der Waals surface area contributed by atoms with Crippen LogP contribution in [0.4, 0.5) is 0 Å². The molecule has 1 N–H and O–H groups in total. The third-order valence-corrected chi connectivity index (χ3v) is 2.03. The fourth-order valence-corrected chi connectivity index (χ4v) is 1.12. The number of hydrogen-bond donors (Lipinski definition) is 1. The first-order valence-electron chi connectivity index (χ1n) is 3.57. The molecule has 60 valence electrons. The molecule has 0 saturated carbocycles. The van der Waals surface area contributed by atoms with Crippen molar-refractivity contribution in [2.45, 2.75) is 19.8 Å². The van der Waals surface area contributed by atoms with Gasteiger partial charge in [0.15, 0.2) is 0 Å². The Kier molecular flexibility index (Phi) is 2.88. The largest absolute Gasteiger partial charge is 0.505 e. The quantitative estimate of drug-likeness (QED) is 0.770. The Bertz CT molecular complexity index is 250. The van der Waals surface area contributed by atoms with E-state index in [1.165, 1.54) is 0 Å². The lowest BCUT2D eigenvalue weighted by Crippen LogP contribution is -1.85. The summed E-state index contributed by atoms with van der Waals surface area (Å²) >= 11 is 3.12. The van der Waals surface area contributed by atoms with Gasteiger partial charge in [-0.1, -0.05) is 13.3 Å². The molecule has 1 heterocycles. The van der Waals surface area contributed by atoms with Crippen molar-refractivity contribution in [3.63, 3.8) is 0 Å². The van der Waals surface area contributed by atoms with Crippen molar-refractivity contribution in [2.75, 3.05) is 0 Å². The van der Waals surface area contributed by atoms with Gasteiger partial charge in [0.2, 0.25) is 0 Å². The second-order valence-electron chi connectivity index (χ2n) is 2.40. The van der Waals surface area contributed by atoms with E-state index >= 15 is 0 Å². The summed E-state index contributed by atoms with van der Waals surface area (Å²) in [4.78, 5) is 3.96. The Hall–Kier alpha value is -0.570. The van der Waals surface area contributed by atoms with Crippen LogP contribution in [0, 0.1) is 0 Å². The zero-order chi connectivity index (χ0) is 8.27. The van der Waals surface area contributed by atoms with Gasteiger partial charge in [0.05, 0.1) is 0 Å². The zero-order valence-corrected chi connectivity index (χ0v) is 7.93. The first kappa shape index (κ1) is 8.53. The molecule has 0 fully saturated rings. The molecule has 0 saturated heterocycles. The molecule has 2 nitrogen and oxygen atoms in total. The van der Waals surface area contributed by atoms with Crippen LogP contribution < -0.4 is 0 Å². The maximum Gasteiger partial charge on any atom is 0.148 e. The topological polar surface area (TPSA) is 33.1 Å². The normalized spacial score (nSPS) is 10.0. The standard InChI is InChI=1S/C8H10BrNO/c1-2-3-6-4-7(11)8(9)10-5-6/h4-5,11H,2-3H2,1H3. The Morgan fingerprint density at radius 2 is 2.36 bits per heavy atom. The van der Waals surface area contributed by atoms with Crippen LogP contribution in [0.1, 0.15) is 18.9 Å². The first-order valence-corrected chi connectivity index (χ1v) is 4.36. The van der Waals surface area contributed by atoms with E-state index in [9.17, 15) is 5.11 Å². The van der Waals surface area contributed by atoms with Crippen LogP contribution >= 0.6 is 15.9 Å². The molecular weight excluding hydrogens is 206 g/mol. The summed E-state index contributed by atoms with van der Waals surface area (Å²) in [6.45, 7) is 2.10. The Balaban J connectivity index is 2.86. The molecule has 0 bridgehead atoms. The molecule has 3 heteroatoms. The van der Waals surface area contributed by atoms with Crippen molar-refractivity contribution < 1.29 is 5.11 Å². The van der Waals surface area contributed by atoms with Gasteiger partial charge in [0.25, 0.3) is 0 Å². The Morgan fingerprint density at radius 3 is 2.91 bits per heavy atom. The Morgan fingerprint density at radius 1 is 1.64 bits per heavy atom. The van der Waals surface area contributed by atoms with Crippen molar-refractivity contribution in [1.82, 2.24) is 4.98 Å². The predicted octanol–water partition coefficient (Wildman–Crippen LogP) is 2.50. The molecule has 0 aliphatic carbocycles. The van der Waals surface area contributed by atoms with E-state index in [-0.39, 0.29) is 5.75 Å². The second kappa shape index (κ2) is 3.72. The summed E-state index contributed by atoms with van der Waals surface area (Å²) in [5.41, 5.74) is 1.08. The maximum atomic E-state index is 9.22. The van der Waals surface area contributed by atoms with Crippen LogP contribution in [0.25, 0.3) is 0 Å². The molecule has 0 radical (unpaired) electrons. The number of hydrogen-bond acceptors (Lipinski definition) is 2. The third kappa shape index (κ3) is 2.19. The van der Waals surface area contributed by atoms with Crippen LogP contribution in [0.3, 0.4) is 0 Å². The van der Waals surface area contributed by atoms with Gasteiger partial charge in [-0.05, 0) is 34.0 Å². The molecular formula is C8H10BrNO. The van der Waals surface area contributed by atoms with Gasteiger partial charge in [0, 0.05) is 6.20 Å². The SMILES string of the molecule is CCCc1cnc(Br)c(O)c1. The molecule has 0 atom stereocenters. The molecule has 0 spiro atoms. The lowest BCUT2D eigenvalue weighted by molar-refractivity contribution is 0.467.